The van der Waals surface area contributed by atoms with Gasteiger partial charge in [0.1, 0.15) is 12.1 Å². The highest BCUT2D eigenvalue weighted by molar-refractivity contribution is 6.63. The Morgan fingerprint density at radius 3 is 2.48 bits per heavy atom. The summed E-state index contributed by atoms with van der Waals surface area (Å²) in [5.74, 6) is -2.11. The van der Waals surface area contributed by atoms with E-state index < -0.39 is 52.7 Å². The molecule has 1 aromatic carbocycles. The van der Waals surface area contributed by atoms with Crippen LogP contribution in [0.4, 0.5) is 0 Å². The molecule has 3 heterocycles. The molecule has 0 radical (unpaired) electrons. The van der Waals surface area contributed by atoms with Crippen LogP contribution >= 0.6 is 11.6 Å². The van der Waals surface area contributed by atoms with E-state index in [0.29, 0.717) is 63.8 Å². The largest absolute Gasteiger partial charge is 0.451 e. The van der Waals surface area contributed by atoms with E-state index in [4.69, 9.17) is 26.1 Å². The van der Waals surface area contributed by atoms with Crippen molar-refractivity contribution in [3.8, 4) is 0 Å². The Labute approximate surface area is 298 Å². The van der Waals surface area contributed by atoms with Gasteiger partial charge in [-0.05, 0) is 94.0 Å². The quantitative estimate of drug-likeness (QED) is 0.223. The van der Waals surface area contributed by atoms with Gasteiger partial charge >= 0.3 is 5.97 Å². The fourth-order valence-corrected chi connectivity index (χ4v) is 6.90. The van der Waals surface area contributed by atoms with E-state index in [2.05, 4.69) is 16.1 Å². The van der Waals surface area contributed by atoms with E-state index in [1.54, 1.807) is 20.8 Å². The molecule has 3 aliphatic rings. The SMILES string of the molecule is CC(C)[C@@H]1OC(=O)C2(/C=C/c3ccc4ccc(nc4c3)[C@@H](C)NC(=O)C3CCCN(N3)C(=O)[C@H](C)NC1=O)CCC(OCCCC(=O)Cl)CC2. The van der Waals surface area contributed by atoms with E-state index >= 15 is 0 Å². The van der Waals surface area contributed by atoms with Crippen molar-refractivity contribution >= 4 is 57.5 Å². The predicted octanol–water partition coefficient (Wildman–Crippen LogP) is 4.50. The molecular weight excluding hydrogens is 662 g/mol. The van der Waals surface area contributed by atoms with Crippen molar-refractivity contribution in [2.75, 3.05) is 13.2 Å². The number of amides is 3. The first-order valence-electron chi connectivity index (χ1n) is 17.6. The Morgan fingerprint density at radius 1 is 1.04 bits per heavy atom. The van der Waals surface area contributed by atoms with Crippen LogP contribution < -0.4 is 16.1 Å². The molecule has 1 aliphatic carbocycles. The van der Waals surface area contributed by atoms with Gasteiger partial charge in [0.2, 0.25) is 11.1 Å². The second-order valence-corrected chi connectivity index (χ2v) is 14.5. The van der Waals surface area contributed by atoms with Crippen LogP contribution in [0.3, 0.4) is 0 Å². The summed E-state index contributed by atoms with van der Waals surface area (Å²) in [6, 6.07) is 7.73. The maximum absolute atomic E-state index is 14.2. The number of cyclic esters (lactones) is 1. The Bertz CT molecular complexity index is 1620. The number of carbonyl (C=O) groups excluding carboxylic acids is 5. The molecule has 1 spiro atoms. The third-order valence-electron chi connectivity index (χ3n) is 9.83. The van der Waals surface area contributed by atoms with Crippen LogP contribution in [-0.2, 0) is 33.4 Å². The third kappa shape index (κ3) is 9.07. The number of carbonyl (C=O) groups is 5. The molecule has 1 aromatic heterocycles. The zero-order valence-corrected chi connectivity index (χ0v) is 30.0. The number of hydrazine groups is 1. The van der Waals surface area contributed by atoms with Gasteiger partial charge in [-0.25, -0.2) is 5.43 Å². The number of halogens is 1. The molecule has 2 aliphatic heterocycles. The van der Waals surface area contributed by atoms with Gasteiger partial charge in [0, 0.05) is 25.0 Å². The average Bonchev–Trinajstić information content (AvgIpc) is 3.10. The first-order chi connectivity index (χ1) is 23.8. The molecule has 2 aromatic rings. The molecule has 2 fully saturated rings. The van der Waals surface area contributed by atoms with Gasteiger partial charge in [-0.3, -0.25) is 34.0 Å². The Morgan fingerprint density at radius 2 is 1.76 bits per heavy atom. The number of nitrogens with zero attached hydrogens (tertiary/aromatic N) is 2. The summed E-state index contributed by atoms with van der Waals surface area (Å²) < 4.78 is 12.1. The van der Waals surface area contributed by atoms with Gasteiger partial charge in [0.25, 0.3) is 11.8 Å². The van der Waals surface area contributed by atoms with Crippen LogP contribution in [0.5, 0.6) is 0 Å². The van der Waals surface area contributed by atoms with Gasteiger partial charge in [0.15, 0.2) is 6.10 Å². The van der Waals surface area contributed by atoms with Crippen molar-refractivity contribution < 1.29 is 33.4 Å². The summed E-state index contributed by atoms with van der Waals surface area (Å²) in [6.45, 7) is 7.79. The first kappa shape index (κ1) is 37.4. The summed E-state index contributed by atoms with van der Waals surface area (Å²) in [6.07, 6.45) is 6.44. The Hall–Kier alpha value is -3.87. The monoisotopic (exact) mass is 709 g/mol. The van der Waals surface area contributed by atoms with E-state index in [1.165, 1.54) is 5.01 Å². The number of esters is 1. The zero-order valence-electron chi connectivity index (χ0n) is 29.2. The van der Waals surface area contributed by atoms with Crippen molar-refractivity contribution in [3.63, 3.8) is 0 Å². The summed E-state index contributed by atoms with van der Waals surface area (Å²) in [5, 5.41) is 7.69. The van der Waals surface area contributed by atoms with E-state index in [1.807, 2.05) is 49.4 Å². The van der Waals surface area contributed by atoms with Crippen LogP contribution in [0.1, 0.15) is 96.4 Å². The van der Waals surface area contributed by atoms with E-state index in [0.717, 1.165) is 16.5 Å². The van der Waals surface area contributed by atoms with Crippen molar-refractivity contribution in [2.24, 2.45) is 11.3 Å². The molecule has 1 saturated carbocycles. The van der Waals surface area contributed by atoms with E-state index in [-0.39, 0.29) is 24.3 Å². The van der Waals surface area contributed by atoms with Crippen molar-refractivity contribution in [3.05, 3.63) is 47.7 Å². The summed E-state index contributed by atoms with van der Waals surface area (Å²) in [7, 11) is 0. The summed E-state index contributed by atoms with van der Waals surface area (Å²) in [5.41, 5.74) is 4.26. The second-order valence-electron chi connectivity index (χ2n) is 14.1. The zero-order chi connectivity index (χ0) is 36.0. The number of rotatable bonds is 6. The molecule has 50 heavy (non-hydrogen) atoms. The molecule has 4 atom stereocenters. The second kappa shape index (κ2) is 16.4. The fraction of sp³-hybridized carbons (Fsp3) is 0.568. The number of ether oxygens (including phenoxy) is 2. The highest BCUT2D eigenvalue weighted by atomic mass is 35.5. The van der Waals surface area contributed by atoms with Crippen molar-refractivity contribution in [1.82, 2.24) is 26.1 Å². The lowest BCUT2D eigenvalue weighted by Gasteiger charge is -2.37. The third-order valence-corrected chi connectivity index (χ3v) is 10.0. The molecule has 5 bridgehead atoms. The van der Waals surface area contributed by atoms with Crippen LogP contribution in [0.2, 0.25) is 0 Å². The Kier molecular flexibility index (Phi) is 12.3. The van der Waals surface area contributed by atoms with E-state index in [9.17, 15) is 24.0 Å². The number of hydrogen-bond acceptors (Lipinski definition) is 9. The fourth-order valence-electron chi connectivity index (χ4n) is 6.76. The van der Waals surface area contributed by atoms with Gasteiger partial charge in [-0.1, -0.05) is 44.2 Å². The average molecular weight is 710 g/mol. The molecule has 13 heteroatoms. The highest BCUT2D eigenvalue weighted by Gasteiger charge is 2.44. The number of hydrogen-bond donors (Lipinski definition) is 3. The van der Waals surface area contributed by atoms with Crippen LogP contribution in [-0.4, -0.2) is 76.4 Å². The molecular formula is C37H48ClN5O7. The first-order valence-corrected chi connectivity index (χ1v) is 18.0. The smallest absolute Gasteiger partial charge is 0.316 e. The molecule has 270 valence electrons. The van der Waals surface area contributed by atoms with Crippen LogP contribution in [0, 0.1) is 11.3 Å². The maximum Gasteiger partial charge on any atom is 0.316 e. The molecule has 1 saturated heterocycles. The van der Waals surface area contributed by atoms with Gasteiger partial charge < -0.3 is 20.1 Å². The van der Waals surface area contributed by atoms with Gasteiger partial charge in [0.05, 0.1) is 28.8 Å². The number of fused-ring (bicyclic) bond motifs is 4. The van der Waals surface area contributed by atoms with Gasteiger partial charge in [-0.2, -0.15) is 0 Å². The topological polar surface area (TPSA) is 156 Å². The molecule has 5 rings (SSSR count). The minimum absolute atomic E-state index is 0.0952. The minimum Gasteiger partial charge on any atom is -0.451 e. The summed E-state index contributed by atoms with van der Waals surface area (Å²) >= 11 is 5.47. The molecule has 3 N–H and O–H groups in total. The minimum atomic E-state index is -1.14. The van der Waals surface area contributed by atoms with Crippen molar-refractivity contribution in [2.45, 2.75) is 109 Å². The normalized spacial score (nSPS) is 29.1. The molecule has 1 unspecified atom stereocenters. The number of benzene rings is 1. The number of pyridine rings is 1. The number of aromatic nitrogens is 1. The van der Waals surface area contributed by atoms with Crippen molar-refractivity contribution in [1.29, 1.82) is 0 Å². The predicted molar refractivity (Wildman–Crippen MR) is 188 cm³/mol. The lowest BCUT2D eigenvalue weighted by atomic mass is 9.72. The summed E-state index contributed by atoms with van der Waals surface area (Å²) in [4.78, 5) is 70.5. The molecule has 3 amide bonds. The lowest BCUT2D eigenvalue weighted by molar-refractivity contribution is -0.169. The Balaban J connectivity index is 1.47. The van der Waals surface area contributed by atoms with Crippen LogP contribution in [0.25, 0.3) is 17.0 Å². The van der Waals surface area contributed by atoms with Gasteiger partial charge in [-0.15, -0.1) is 0 Å². The molecule has 12 nitrogen and oxygen atoms in total. The van der Waals surface area contributed by atoms with Crippen LogP contribution in [0.15, 0.2) is 36.4 Å². The highest BCUT2D eigenvalue weighted by Crippen LogP contribution is 2.41. The maximum atomic E-state index is 14.2. The standard InChI is InChI=1S/C37H48ClN5O7/c1-22(2)32-34(46)40-24(4)35(47)43-19-5-7-29(42-43)33(45)39-23(3)28-12-11-26-10-9-25(21-30(26)41-28)13-16-37(36(48)50-32)17-14-27(15-18-37)49-20-6-8-31(38)44/h9-13,16,21-24,27,29,32,42H,5-8,14-15,17-20H2,1-4H3,(H,39,45)(H,40,46)/b16-13+/t23-,24+,27?,29?,32+,37?/m1/s1. The lowest BCUT2D eigenvalue weighted by Crippen LogP contribution is -2.61. The number of nitrogens with one attached hydrogen (secondary N) is 3.